The molecule has 264 valence electrons. The highest BCUT2D eigenvalue weighted by Crippen LogP contribution is 2.44. The van der Waals surface area contributed by atoms with Crippen molar-refractivity contribution in [3.05, 3.63) is 29.2 Å². The average Bonchev–Trinajstić information content (AvgIpc) is 3.40. The van der Waals surface area contributed by atoms with Crippen LogP contribution in [-0.4, -0.2) is 28.1 Å². The van der Waals surface area contributed by atoms with Crippen LogP contribution < -0.4 is 0 Å². The van der Waals surface area contributed by atoms with Gasteiger partial charge in [0.2, 0.25) is 0 Å². The summed E-state index contributed by atoms with van der Waals surface area (Å²) in [5.41, 5.74) is 4.18. The highest BCUT2D eigenvalue weighted by Gasteiger charge is 2.43. The Bertz CT molecular complexity index is 1190. The van der Waals surface area contributed by atoms with E-state index in [-0.39, 0.29) is 17.6 Å². The van der Waals surface area contributed by atoms with Gasteiger partial charge in [0.1, 0.15) is 11.8 Å². The molecule has 6 heteroatoms. The monoisotopic (exact) mass is 644 g/mol. The zero-order valence-electron chi connectivity index (χ0n) is 32.1. The number of aldehydes is 1. The molecule has 2 aliphatic carbocycles. The molecule has 2 aromatic heterocycles. The minimum atomic E-state index is -0.814. The van der Waals surface area contributed by atoms with Crippen molar-refractivity contribution in [3.8, 4) is 0 Å². The van der Waals surface area contributed by atoms with E-state index in [2.05, 4.69) is 82.2 Å². The van der Waals surface area contributed by atoms with Gasteiger partial charge in [0.15, 0.2) is 17.1 Å². The number of carbonyl (C=O) groups is 3. The Labute approximate surface area is 281 Å². The number of Topliss-reactive ketones (excluding diaryl/α,β-unsaturated/α-hetero) is 1. The summed E-state index contributed by atoms with van der Waals surface area (Å²) in [5, 5.41) is 8.66. The molecule has 0 aromatic carbocycles. The number of hydrogen-bond acceptors (Lipinski definition) is 5. The van der Waals surface area contributed by atoms with E-state index >= 15 is 0 Å². The fourth-order valence-electron chi connectivity index (χ4n) is 4.95. The van der Waals surface area contributed by atoms with E-state index in [9.17, 15) is 14.4 Å². The minimum absolute atomic E-state index is 0.0458. The second-order valence-electron chi connectivity index (χ2n) is 15.9. The van der Waals surface area contributed by atoms with Gasteiger partial charge in [-0.1, -0.05) is 116 Å². The molecule has 2 aromatic rings. The van der Waals surface area contributed by atoms with Crippen LogP contribution in [0.4, 0.5) is 0 Å². The largest absolute Gasteiger partial charge is 0.481 e. The lowest BCUT2D eigenvalue weighted by Gasteiger charge is -2.35. The summed E-state index contributed by atoms with van der Waals surface area (Å²) in [6, 6.07) is 4.03. The fraction of sp³-hybridized carbons (Fsp3) is 0.750. The molecule has 0 unspecified atom stereocenters. The summed E-state index contributed by atoms with van der Waals surface area (Å²) in [7, 11) is 0. The predicted octanol–water partition coefficient (Wildman–Crippen LogP) is 12.1. The van der Waals surface area contributed by atoms with Gasteiger partial charge < -0.3 is 14.3 Å². The zero-order valence-corrected chi connectivity index (χ0v) is 32.1. The molecule has 2 saturated carbocycles. The molecular weight excluding hydrogens is 574 g/mol. The number of hydrogen-bond donors (Lipinski definition) is 1. The molecule has 2 fully saturated rings. The molecule has 1 N–H and O–H groups in total. The second-order valence-corrected chi connectivity index (χ2v) is 15.9. The van der Waals surface area contributed by atoms with E-state index in [1.165, 1.54) is 50.6 Å². The van der Waals surface area contributed by atoms with E-state index in [4.69, 9.17) is 14.5 Å². The Morgan fingerprint density at radius 2 is 1.46 bits per heavy atom. The van der Waals surface area contributed by atoms with Crippen molar-refractivity contribution < 1.29 is 23.9 Å². The topological polar surface area (TPSA) is 97.5 Å². The number of carbonyl (C=O) groups excluding carboxylic acids is 2. The number of aromatic nitrogens is 1. The minimum Gasteiger partial charge on any atom is -0.481 e. The van der Waals surface area contributed by atoms with Crippen LogP contribution in [0.3, 0.4) is 0 Å². The van der Waals surface area contributed by atoms with Crippen LogP contribution in [0.1, 0.15) is 195 Å². The first-order chi connectivity index (χ1) is 21.3. The van der Waals surface area contributed by atoms with Crippen LogP contribution in [0.15, 0.2) is 16.5 Å². The lowest BCUT2D eigenvalue weighted by atomic mass is 9.67. The number of unbranched alkanes of at least 4 members (excludes halogenated alkanes) is 1. The summed E-state index contributed by atoms with van der Waals surface area (Å²) < 4.78 is 5.85. The van der Waals surface area contributed by atoms with E-state index in [0.29, 0.717) is 41.6 Å². The number of furan rings is 1. The number of rotatable bonds is 6. The van der Waals surface area contributed by atoms with E-state index in [1.54, 1.807) is 6.92 Å². The lowest BCUT2D eigenvalue weighted by molar-refractivity contribution is -0.156. The van der Waals surface area contributed by atoms with Crippen LogP contribution >= 0.6 is 0 Å². The Morgan fingerprint density at radius 1 is 0.957 bits per heavy atom. The third-order valence-corrected chi connectivity index (χ3v) is 9.21. The number of pyridine rings is 1. The summed E-state index contributed by atoms with van der Waals surface area (Å²) >= 11 is 0. The van der Waals surface area contributed by atoms with Gasteiger partial charge in [-0.15, -0.1) is 0 Å². The van der Waals surface area contributed by atoms with Crippen LogP contribution in [0, 0.1) is 16.2 Å². The van der Waals surface area contributed by atoms with Crippen molar-refractivity contribution in [3.63, 3.8) is 0 Å². The number of ketones is 1. The van der Waals surface area contributed by atoms with Crippen molar-refractivity contribution in [2.24, 2.45) is 16.2 Å². The molecule has 2 heterocycles. The molecule has 6 nitrogen and oxygen atoms in total. The molecule has 0 radical (unpaired) electrons. The molecule has 0 saturated heterocycles. The predicted molar refractivity (Wildman–Crippen MR) is 194 cm³/mol. The summed E-state index contributed by atoms with van der Waals surface area (Å²) in [6.45, 7) is 30.1. The van der Waals surface area contributed by atoms with Crippen LogP contribution in [0.25, 0.3) is 11.1 Å². The van der Waals surface area contributed by atoms with Gasteiger partial charge >= 0.3 is 5.97 Å². The van der Waals surface area contributed by atoms with Crippen molar-refractivity contribution in [1.82, 2.24) is 4.98 Å². The first-order valence-corrected chi connectivity index (χ1v) is 17.9. The average molecular weight is 644 g/mol. The maximum Gasteiger partial charge on any atom is 0.310 e. The molecule has 46 heavy (non-hydrogen) atoms. The number of nitrogens with zero attached hydrogens (tertiary/aromatic N) is 1. The third-order valence-electron chi connectivity index (χ3n) is 9.21. The Morgan fingerprint density at radius 3 is 1.76 bits per heavy atom. The first-order valence-electron chi connectivity index (χ1n) is 17.9. The highest BCUT2D eigenvalue weighted by molar-refractivity contribution is 5.95. The Kier molecular flexibility index (Phi) is 18.3. The second kappa shape index (κ2) is 19.4. The Hall–Kier alpha value is -2.50. The SMILES string of the molecule is CC.CC(=O)c1cc2nc(C3CCC(C)(C)CC3)cc(C(C)(C)C)c2o1.CCC(C)(C)C.CCCC.O=CCC1(C(=O)O)CCC1. The maximum absolute atomic E-state index is 11.7. The molecule has 0 bridgehead atoms. The number of carboxylic acid groups (broad SMARTS) is 1. The van der Waals surface area contributed by atoms with Crippen molar-refractivity contribution in [1.29, 1.82) is 0 Å². The van der Waals surface area contributed by atoms with Gasteiger partial charge in [-0.2, -0.15) is 0 Å². The van der Waals surface area contributed by atoms with Gasteiger partial charge in [0, 0.05) is 36.6 Å². The Balaban J connectivity index is 0.000000755. The summed E-state index contributed by atoms with van der Waals surface area (Å²) in [6.07, 6.45) is 11.9. The first kappa shape index (κ1) is 43.5. The van der Waals surface area contributed by atoms with Gasteiger partial charge in [-0.3, -0.25) is 9.59 Å². The number of aliphatic carboxylic acids is 1. The molecule has 2 aliphatic rings. The number of carboxylic acids is 1. The van der Waals surface area contributed by atoms with E-state index in [0.717, 1.165) is 23.1 Å². The molecule has 0 aliphatic heterocycles. The normalized spacial score (nSPS) is 16.8. The van der Waals surface area contributed by atoms with Gasteiger partial charge in [-0.05, 0) is 60.8 Å². The number of fused-ring (bicyclic) bond motifs is 1. The zero-order chi connectivity index (χ0) is 35.9. The maximum atomic E-state index is 11.7. The van der Waals surface area contributed by atoms with E-state index in [1.807, 2.05) is 19.9 Å². The van der Waals surface area contributed by atoms with Crippen molar-refractivity contribution >= 4 is 29.1 Å². The quantitative estimate of drug-likeness (QED) is 0.248. The molecule has 0 spiro atoms. The van der Waals surface area contributed by atoms with Gasteiger partial charge in [0.05, 0.1) is 5.41 Å². The van der Waals surface area contributed by atoms with Crippen LogP contribution in [-0.2, 0) is 15.0 Å². The fourth-order valence-corrected chi connectivity index (χ4v) is 4.95. The van der Waals surface area contributed by atoms with Gasteiger partial charge in [0.25, 0.3) is 0 Å². The molecule has 0 atom stereocenters. The smallest absolute Gasteiger partial charge is 0.310 e. The standard InChI is InChI=1S/C21H29NO2.C7H10O3.C6H14.C4H10.C2H6/c1-13(23)18-12-17-19(24-18)15(20(2,3)4)11-16(22-17)14-7-9-21(5,6)10-8-14;8-5-4-7(6(9)10)2-1-3-7;1-5-6(2,3)4;1-3-4-2;1-2/h11-12,14H,7-10H2,1-6H3;5H,1-4H2,(H,9,10);5H2,1-4H3;3-4H2,1-2H3;1-2H3. The van der Waals surface area contributed by atoms with Crippen LogP contribution in [0.5, 0.6) is 0 Å². The summed E-state index contributed by atoms with van der Waals surface area (Å²) in [4.78, 5) is 37.2. The van der Waals surface area contributed by atoms with Crippen LogP contribution in [0.2, 0.25) is 0 Å². The molecular formula is C40H69NO5. The van der Waals surface area contributed by atoms with Crippen molar-refractivity contribution in [2.75, 3.05) is 0 Å². The van der Waals surface area contributed by atoms with E-state index < -0.39 is 11.4 Å². The summed E-state index contributed by atoms with van der Waals surface area (Å²) in [5.74, 6) is 0.0591. The molecule has 0 amide bonds. The third kappa shape index (κ3) is 14.1. The lowest BCUT2D eigenvalue weighted by Crippen LogP contribution is -2.38. The highest BCUT2D eigenvalue weighted by atomic mass is 16.4. The van der Waals surface area contributed by atoms with Gasteiger partial charge in [-0.25, -0.2) is 4.98 Å². The molecule has 4 rings (SSSR count). The van der Waals surface area contributed by atoms with Crippen molar-refractivity contribution in [2.45, 2.75) is 179 Å².